The molecule has 3 N–H and O–H groups in total. The van der Waals surface area contributed by atoms with Crippen LogP contribution in [0.3, 0.4) is 0 Å². The van der Waals surface area contributed by atoms with E-state index >= 15 is 0 Å². The predicted octanol–water partition coefficient (Wildman–Crippen LogP) is 1.76. The first-order valence-electron chi connectivity index (χ1n) is 7.35. The molecule has 3 rings (SSSR count). The van der Waals surface area contributed by atoms with Crippen molar-refractivity contribution in [3.63, 3.8) is 0 Å². The smallest absolute Gasteiger partial charge is 0.354 e. The van der Waals surface area contributed by atoms with Crippen LogP contribution in [-0.4, -0.2) is 50.0 Å². The Bertz CT molecular complexity index is 689. The highest BCUT2D eigenvalue weighted by Gasteiger charge is 2.31. The number of hydrogen-bond acceptors (Lipinski definition) is 5. The summed E-state index contributed by atoms with van der Waals surface area (Å²) in [5, 5.41) is 21.4. The van der Waals surface area contributed by atoms with E-state index in [9.17, 15) is 14.7 Å². The number of hydrogen-bond donors (Lipinski definition) is 3. The number of nitrogens with zero attached hydrogens (tertiary/aromatic N) is 2. The van der Waals surface area contributed by atoms with Crippen molar-refractivity contribution in [3.8, 4) is 0 Å². The van der Waals surface area contributed by atoms with Gasteiger partial charge in [0.25, 0.3) is 5.91 Å². The molecule has 2 aromatic rings. The number of imidazole rings is 1. The third kappa shape index (κ3) is 3.13. The average molecular weight is 335 g/mol. The van der Waals surface area contributed by atoms with Crippen LogP contribution in [0.15, 0.2) is 23.8 Å². The lowest BCUT2D eigenvalue weighted by Crippen LogP contribution is -2.40. The second-order valence-electron chi connectivity index (χ2n) is 5.52. The van der Waals surface area contributed by atoms with Crippen LogP contribution in [0.4, 0.5) is 0 Å². The van der Waals surface area contributed by atoms with Crippen molar-refractivity contribution in [2.45, 2.75) is 18.9 Å². The van der Waals surface area contributed by atoms with Crippen molar-refractivity contribution in [1.82, 2.24) is 14.9 Å². The van der Waals surface area contributed by atoms with Crippen LogP contribution in [0.1, 0.15) is 44.8 Å². The lowest BCUT2D eigenvalue weighted by molar-refractivity contribution is 0.0466. The first kappa shape index (κ1) is 15.7. The number of nitrogens with one attached hydrogen (secondary N) is 1. The van der Waals surface area contributed by atoms with Gasteiger partial charge in [0.2, 0.25) is 0 Å². The molecular weight excluding hydrogens is 318 g/mol. The molecule has 0 bridgehead atoms. The van der Waals surface area contributed by atoms with Crippen LogP contribution >= 0.6 is 11.3 Å². The first-order chi connectivity index (χ1) is 11.1. The summed E-state index contributed by atoms with van der Waals surface area (Å²) in [4.78, 5) is 32.3. The summed E-state index contributed by atoms with van der Waals surface area (Å²) in [7, 11) is 0. The number of aliphatic hydroxyl groups is 1. The number of carbonyl (C=O) groups is 2. The van der Waals surface area contributed by atoms with Gasteiger partial charge in [0.1, 0.15) is 0 Å². The van der Waals surface area contributed by atoms with Crippen LogP contribution in [0.25, 0.3) is 0 Å². The number of rotatable bonds is 4. The zero-order valence-corrected chi connectivity index (χ0v) is 13.1. The SMILES string of the molecule is O=C(O)c1[nH]cnc1C(=O)N1CCC([C@H](O)c2cccs2)CC1. The number of amides is 1. The maximum absolute atomic E-state index is 12.4. The van der Waals surface area contributed by atoms with Gasteiger partial charge in [0, 0.05) is 18.0 Å². The minimum absolute atomic E-state index is 0.0604. The monoisotopic (exact) mass is 335 g/mol. The molecule has 1 fully saturated rings. The Kier molecular flexibility index (Phi) is 4.44. The maximum atomic E-state index is 12.4. The van der Waals surface area contributed by atoms with E-state index in [2.05, 4.69) is 9.97 Å². The number of aromatic nitrogens is 2. The van der Waals surface area contributed by atoms with E-state index < -0.39 is 12.1 Å². The van der Waals surface area contributed by atoms with Gasteiger partial charge in [-0.15, -0.1) is 11.3 Å². The Labute approximate surface area is 136 Å². The van der Waals surface area contributed by atoms with Gasteiger partial charge in [-0.1, -0.05) is 6.07 Å². The third-order valence-corrected chi connectivity index (χ3v) is 5.11. The molecule has 0 aliphatic carbocycles. The Balaban J connectivity index is 1.63. The summed E-state index contributed by atoms with van der Waals surface area (Å²) < 4.78 is 0. The van der Waals surface area contributed by atoms with Crippen molar-refractivity contribution < 1.29 is 19.8 Å². The molecular formula is C15H17N3O4S. The van der Waals surface area contributed by atoms with Crippen LogP contribution in [0, 0.1) is 5.92 Å². The van der Waals surface area contributed by atoms with E-state index in [0.717, 1.165) is 4.88 Å². The highest BCUT2D eigenvalue weighted by molar-refractivity contribution is 7.10. The molecule has 122 valence electrons. The molecule has 7 nitrogen and oxygen atoms in total. The lowest BCUT2D eigenvalue weighted by atomic mass is 9.90. The van der Waals surface area contributed by atoms with Gasteiger partial charge < -0.3 is 20.1 Å². The third-order valence-electron chi connectivity index (χ3n) is 4.16. The molecule has 8 heteroatoms. The normalized spacial score (nSPS) is 17.2. The summed E-state index contributed by atoms with van der Waals surface area (Å²) in [5.41, 5.74) is -0.245. The van der Waals surface area contributed by atoms with Gasteiger partial charge in [-0.25, -0.2) is 9.78 Å². The van der Waals surface area contributed by atoms with Gasteiger partial charge >= 0.3 is 5.97 Å². The average Bonchev–Trinajstić information content (AvgIpc) is 3.24. The molecule has 0 radical (unpaired) electrons. The number of piperidine rings is 1. The van der Waals surface area contributed by atoms with Crippen molar-refractivity contribution in [1.29, 1.82) is 0 Å². The molecule has 0 saturated carbocycles. The summed E-state index contributed by atoms with van der Waals surface area (Å²) >= 11 is 1.53. The standard InChI is InChI=1S/C15H17N3O4S/c19-13(10-2-1-7-23-10)9-3-5-18(6-4-9)14(20)11-12(15(21)22)17-8-16-11/h1-2,7-9,13,19H,3-6H2,(H,16,17)(H,21,22)/t13-/m0/s1. The Morgan fingerprint density at radius 2 is 2.13 bits per heavy atom. The van der Waals surface area contributed by atoms with Crippen LogP contribution < -0.4 is 0 Å². The fourth-order valence-corrected chi connectivity index (χ4v) is 3.68. The van der Waals surface area contributed by atoms with E-state index in [1.807, 2.05) is 17.5 Å². The second kappa shape index (κ2) is 6.51. The van der Waals surface area contributed by atoms with Gasteiger partial charge in [-0.2, -0.15) is 0 Å². The molecule has 23 heavy (non-hydrogen) atoms. The van der Waals surface area contributed by atoms with Crippen molar-refractivity contribution in [3.05, 3.63) is 40.1 Å². The lowest BCUT2D eigenvalue weighted by Gasteiger charge is -2.33. The number of carbonyl (C=O) groups excluding carboxylic acids is 1. The number of aromatic carboxylic acids is 1. The topological polar surface area (TPSA) is 107 Å². The Hall–Kier alpha value is -2.19. The molecule has 1 aliphatic rings. The van der Waals surface area contributed by atoms with Gasteiger partial charge in [0.15, 0.2) is 11.4 Å². The molecule has 3 heterocycles. The number of thiophene rings is 1. The fourth-order valence-electron chi connectivity index (χ4n) is 2.88. The molecule has 2 aromatic heterocycles. The van der Waals surface area contributed by atoms with E-state index in [4.69, 9.17) is 5.11 Å². The molecule has 1 amide bonds. The highest BCUT2D eigenvalue weighted by Crippen LogP contribution is 2.33. The van der Waals surface area contributed by atoms with E-state index in [1.54, 1.807) is 4.90 Å². The zero-order chi connectivity index (χ0) is 16.4. The van der Waals surface area contributed by atoms with E-state index in [-0.39, 0.29) is 23.2 Å². The van der Waals surface area contributed by atoms with Crippen molar-refractivity contribution in [2.24, 2.45) is 5.92 Å². The molecule has 0 unspecified atom stereocenters. The summed E-state index contributed by atoms with van der Waals surface area (Å²) in [6.45, 7) is 0.968. The molecule has 0 spiro atoms. The zero-order valence-electron chi connectivity index (χ0n) is 12.3. The second-order valence-corrected chi connectivity index (χ2v) is 6.50. The van der Waals surface area contributed by atoms with Crippen molar-refractivity contribution >= 4 is 23.2 Å². The van der Waals surface area contributed by atoms with Crippen LogP contribution in [-0.2, 0) is 0 Å². The molecule has 1 aliphatic heterocycles. The number of aromatic amines is 1. The Morgan fingerprint density at radius 3 is 2.74 bits per heavy atom. The number of carboxylic acid groups (broad SMARTS) is 1. The summed E-state index contributed by atoms with van der Waals surface area (Å²) in [6, 6.07) is 3.82. The van der Waals surface area contributed by atoms with Gasteiger partial charge in [-0.05, 0) is 30.2 Å². The Morgan fingerprint density at radius 1 is 1.39 bits per heavy atom. The number of aliphatic hydroxyl groups excluding tert-OH is 1. The highest BCUT2D eigenvalue weighted by atomic mass is 32.1. The summed E-state index contributed by atoms with van der Waals surface area (Å²) in [6.07, 6.45) is 2.06. The number of carboxylic acids is 1. The quantitative estimate of drug-likeness (QED) is 0.789. The van der Waals surface area contributed by atoms with E-state index in [1.165, 1.54) is 17.7 Å². The van der Waals surface area contributed by atoms with E-state index in [0.29, 0.717) is 25.9 Å². The fraction of sp³-hybridized carbons (Fsp3) is 0.400. The summed E-state index contributed by atoms with van der Waals surface area (Å²) in [5.74, 6) is -1.47. The van der Waals surface area contributed by atoms with Gasteiger partial charge in [-0.3, -0.25) is 4.79 Å². The predicted molar refractivity (Wildman–Crippen MR) is 83.5 cm³/mol. The van der Waals surface area contributed by atoms with Crippen molar-refractivity contribution in [2.75, 3.05) is 13.1 Å². The first-order valence-corrected chi connectivity index (χ1v) is 8.23. The minimum atomic E-state index is -1.20. The maximum Gasteiger partial charge on any atom is 0.354 e. The number of H-pyrrole nitrogens is 1. The molecule has 1 saturated heterocycles. The molecule has 0 aromatic carbocycles. The minimum Gasteiger partial charge on any atom is -0.477 e. The van der Waals surface area contributed by atoms with Crippen LogP contribution in [0.2, 0.25) is 0 Å². The molecule has 1 atom stereocenters. The van der Waals surface area contributed by atoms with Crippen LogP contribution in [0.5, 0.6) is 0 Å². The number of likely N-dealkylation sites (tertiary alicyclic amines) is 1. The van der Waals surface area contributed by atoms with Gasteiger partial charge in [0.05, 0.1) is 12.4 Å². The largest absolute Gasteiger partial charge is 0.477 e.